The van der Waals surface area contributed by atoms with Crippen molar-refractivity contribution in [1.82, 2.24) is 25.0 Å². The quantitative estimate of drug-likeness (QED) is 0.672. The molecule has 0 radical (unpaired) electrons. The summed E-state index contributed by atoms with van der Waals surface area (Å²) in [6.45, 7) is 6.03. The summed E-state index contributed by atoms with van der Waals surface area (Å²) in [4.78, 5) is 9.27. The average molecular weight is 326 g/mol. The first-order valence-corrected chi connectivity index (χ1v) is 8.07. The van der Waals surface area contributed by atoms with Crippen LogP contribution in [0.15, 0.2) is 30.3 Å². The monoisotopic (exact) mass is 326 g/mol. The Balaban J connectivity index is 1.99. The van der Waals surface area contributed by atoms with Crippen LogP contribution in [-0.4, -0.2) is 45.2 Å². The van der Waals surface area contributed by atoms with Crippen LogP contribution in [-0.2, 0) is 11.3 Å². The first-order valence-electron chi connectivity index (χ1n) is 8.07. The molecular formula is C17H22N6O. The molecule has 2 aromatic heterocycles. The van der Waals surface area contributed by atoms with E-state index in [2.05, 4.69) is 51.6 Å². The zero-order valence-electron chi connectivity index (χ0n) is 14.2. The van der Waals surface area contributed by atoms with Gasteiger partial charge in [0, 0.05) is 19.6 Å². The molecule has 3 aromatic rings. The van der Waals surface area contributed by atoms with Crippen molar-refractivity contribution in [3.63, 3.8) is 0 Å². The van der Waals surface area contributed by atoms with E-state index in [1.807, 2.05) is 22.9 Å². The molecule has 2 heterocycles. The molecular weight excluding hydrogens is 304 g/mol. The molecule has 0 spiro atoms. The molecule has 1 aromatic carbocycles. The van der Waals surface area contributed by atoms with Gasteiger partial charge in [0.25, 0.3) is 0 Å². The number of nitrogens with one attached hydrogen (secondary N) is 1. The van der Waals surface area contributed by atoms with Crippen molar-refractivity contribution in [3.8, 4) is 0 Å². The Morgan fingerprint density at radius 2 is 1.96 bits per heavy atom. The van der Waals surface area contributed by atoms with Crippen molar-refractivity contribution in [3.05, 3.63) is 41.7 Å². The number of ether oxygens (including phenoxy) is 1. The van der Waals surface area contributed by atoms with E-state index in [0.29, 0.717) is 31.0 Å². The third-order valence-electron chi connectivity index (χ3n) is 3.67. The van der Waals surface area contributed by atoms with Gasteiger partial charge < -0.3 is 10.1 Å². The van der Waals surface area contributed by atoms with Gasteiger partial charge in [0.1, 0.15) is 5.82 Å². The minimum absolute atomic E-state index is 0.220. The highest BCUT2D eigenvalue weighted by atomic mass is 16.5. The zero-order valence-corrected chi connectivity index (χ0v) is 14.2. The molecule has 0 fully saturated rings. The fourth-order valence-corrected chi connectivity index (χ4v) is 2.39. The first kappa shape index (κ1) is 16.3. The Kier molecular flexibility index (Phi) is 5.00. The molecule has 0 atom stereocenters. The molecule has 3 rings (SSSR count). The lowest BCUT2D eigenvalue weighted by Gasteiger charge is -2.10. The molecule has 126 valence electrons. The fraction of sp³-hybridized carbons (Fsp3) is 0.412. The van der Waals surface area contributed by atoms with E-state index in [-0.39, 0.29) is 5.92 Å². The molecule has 0 unspecified atom stereocenters. The highest BCUT2D eigenvalue weighted by molar-refractivity contribution is 5.82. The van der Waals surface area contributed by atoms with Gasteiger partial charge >= 0.3 is 0 Å². The molecule has 24 heavy (non-hydrogen) atoms. The molecule has 0 aliphatic carbocycles. The summed E-state index contributed by atoms with van der Waals surface area (Å²) in [6.07, 6.45) is 0. The molecule has 0 saturated heterocycles. The number of rotatable bonds is 7. The average Bonchev–Trinajstić information content (AvgIpc) is 2.99. The van der Waals surface area contributed by atoms with Gasteiger partial charge in [-0.05, 0) is 5.56 Å². The maximum absolute atomic E-state index is 5.09. The molecule has 7 nitrogen and oxygen atoms in total. The normalized spacial score (nSPS) is 11.3. The van der Waals surface area contributed by atoms with Crippen LogP contribution in [0.4, 0.5) is 5.82 Å². The number of fused-ring (bicyclic) bond motifs is 1. The van der Waals surface area contributed by atoms with Crippen molar-refractivity contribution < 1.29 is 4.74 Å². The lowest BCUT2D eigenvalue weighted by molar-refractivity contribution is 0.210. The lowest BCUT2D eigenvalue weighted by atomic mass is 10.2. The summed E-state index contributed by atoms with van der Waals surface area (Å²) in [7, 11) is 1.67. The number of hydrogen-bond acceptors (Lipinski definition) is 6. The molecule has 0 aliphatic rings. The third-order valence-corrected chi connectivity index (χ3v) is 3.67. The van der Waals surface area contributed by atoms with Crippen LogP contribution in [0.3, 0.4) is 0 Å². The maximum atomic E-state index is 5.09. The maximum Gasteiger partial charge on any atom is 0.184 e. The number of methoxy groups -OCH3 is 1. The fourth-order valence-electron chi connectivity index (χ4n) is 2.39. The van der Waals surface area contributed by atoms with Crippen molar-refractivity contribution >= 4 is 17.0 Å². The Labute approximate surface area is 141 Å². The first-order chi connectivity index (χ1) is 11.7. The Morgan fingerprint density at radius 3 is 2.67 bits per heavy atom. The molecule has 0 saturated carbocycles. The van der Waals surface area contributed by atoms with E-state index in [0.717, 1.165) is 17.0 Å². The summed E-state index contributed by atoms with van der Waals surface area (Å²) in [5, 5.41) is 11.8. The summed E-state index contributed by atoms with van der Waals surface area (Å²) < 4.78 is 6.91. The standard InChI is InChI=1S/C17H22N6O/c1-12(2)15-19-16(18-9-10-24-3)14-17(20-15)23(22-21-14)11-13-7-5-4-6-8-13/h4-8,12H,9-11H2,1-3H3,(H,18,19,20). The third kappa shape index (κ3) is 3.51. The van der Waals surface area contributed by atoms with E-state index in [1.165, 1.54) is 0 Å². The summed E-state index contributed by atoms with van der Waals surface area (Å²) in [5.41, 5.74) is 2.59. The van der Waals surface area contributed by atoms with E-state index in [1.54, 1.807) is 7.11 Å². The molecule has 0 bridgehead atoms. The summed E-state index contributed by atoms with van der Waals surface area (Å²) >= 11 is 0. The second kappa shape index (κ2) is 7.35. The summed E-state index contributed by atoms with van der Waals surface area (Å²) in [5.74, 6) is 1.71. The van der Waals surface area contributed by atoms with Gasteiger partial charge in [-0.2, -0.15) is 0 Å². The second-order valence-corrected chi connectivity index (χ2v) is 5.91. The molecule has 0 aliphatic heterocycles. The lowest BCUT2D eigenvalue weighted by Crippen LogP contribution is -2.12. The molecule has 0 amide bonds. The highest BCUT2D eigenvalue weighted by Crippen LogP contribution is 2.21. The minimum Gasteiger partial charge on any atom is -0.383 e. The summed E-state index contributed by atoms with van der Waals surface area (Å²) in [6, 6.07) is 10.2. The minimum atomic E-state index is 0.220. The van der Waals surface area contributed by atoms with Crippen LogP contribution in [0.25, 0.3) is 11.2 Å². The SMILES string of the molecule is COCCNc1nc(C(C)C)nc2c1nnn2Cc1ccccc1. The van der Waals surface area contributed by atoms with E-state index in [4.69, 9.17) is 4.74 Å². The van der Waals surface area contributed by atoms with E-state index in [9.17, 15) is 0 Å². The van der Waals surface area contributed by atoms with Crippen LogP contribution in [0, 0.1) is 0 Å². The number of hydrogen-bond donors (Lipinski definition) is 1. The van der Waals surface area contributed by atoms with E-state index < -0.39 is 0 Å². The topological polar surface area (TPSA) is 77.8 Å². The second-order valence-electron chi connectivity index (χ2n) is 5.91. The van der Waals surface area contributed by atoms with Crippen molar-refractivity contribution in [1.29, 1.82) is 0 Å². The van der Waals surface area contributed by atoms with Gasteiger partial charge in [-0.1, -0.05) is 49.4 Å². The predicted octanol–water partition coefficient (Wildman–Crippen LogP) is 2.45. The van der Waals surface area contributed by atoms with Crippen molar-refractivity contribution in [2.75, 3.05) is 25.6 Å². The largest absolute Gasteiger partial charge is 0.383 e. The van der Waals surface area contributed by atoms with Crippen LogP contribution in [0.2, 0.25) is 0 Å². The van der Waals surface area contributed by atoms with Crippen LogP contribution < -0.4 is 5.32 Å². The zero-order chi connectivity index (χ0) is 16.9. The van der Waals surface area contributed by atoms with Crippen molar-refractivity contribution in [2.24, 2.45) is 0 Å². The number of benzene rings is 1. The number of nitrogens with zero attached hydrogens (tertiary/aromatic N) is 5. The van der Waals surface area contributed by atoms with Crippen molar-refractivity contribution in [2.45, 2.75) is 26.3 Å². The van der Waals surface area contributed by atoms with Gasteiger partial charge in [-0.15, -0.1) is 5.10 Å². The van der Waals surface area contributed by atoms with Gasteiger partial charge in [0.05, 0.1) is 13.2 Å². The van der Waals surface area contributed by atoms with E-state index >= 15 is 0 Å². The highest BCUT2D eigenvalue weighted by Gasteiger charge is 2.16. The molecule has 7 heteroatoms. The number of aromatic nitrogens is 5. The molecule has 1 N–H and O–H groups in total. The Morgan fingerprint density at radius 1 is 1.17 bits per heavy atom. The van der Waals surface area contributed by atoms with Gasteiger partial charge in [-0.25, -0.2) is 14.6 Å². The Hall–Kier alpha value is -2.54. The van der Waals surface area contributed by atoms with Crippen LogP contribution >= 0.6 is 0 Å². The van der Waals surface area contributed by atoms with Gasteiger partial charge in [0.15, 0.2) is 17.0 Å². The van der Waals surface area contributed by atoms with Crippen LogP contribution in [0.5, 0.6) is 0 Å². The number of anilines is 1. The van der Waals surface area contributed by atoms with Gasteiger partial charge in [0.2, 0.25) is 0 Å². The Bertz CT molecular complexity index is 799. The van der Waals surface area contributed by atoms with Crippen LogP contribution in [0.1, 0.15) is 31.2 Å². The predicted molar refractivity (Wildman–Crippen MR) is 93.1 cm³/mol. The van der Waals surface area contributed by atoms with Gasteiger partial charge in [-0.3, -0.25) is 0 Å². The smallest absolute Gasteiger partial charge is 0.184 e.